The highest BCUT2D eigenvalue weighted by Crippen LogP contribution is 2.34. The fourth-order valence-corrected chi connectivity index (χ4v) is 3.02. The van der Waals surface area contributed by atoms with Crippen LogP contribution in [0.4, 0.5) is 5.69 Å². The van der Waals surface area contributed by atoms with E-state index in [0.717, 1.165) is 0 Å². The molecule has 102 valence electrons. The molecule has 1 atom stereocenters. The zero-order valence-corrected chi connectivity index (χ0v) is 12.9. The fourth-order valence-electron chi connectivity index (χ4n) is 2.13. The van der Waals surface area contributed by atoms with Crippen LogP contribution >= 0.6 is 28.6 Å². The Hall–Kier alpha value is -1.01. The summed E-state index contributed by atoms with van der Waals surface area (Å²) in [5.74, 6) is 0.564. The summed E-state index contributed by atoms with van der Waals surface area (Å²) in [6, 6.07) is 5.22. The lowest BCUT2D eigenvalue weighted by Gasteiger charge is -2.19. The maximum Gasteiger partial charge on any atom is 0.339 e. The van der Waals surface area contributed by atoms with E-state index in [0.29, 0.717) is 34.4 Å². The Morgan fingerprint density at radius 2 is 2.32 bits per heavy atom. The molecule has 1 aromatic rings. The Labute approximate surface area is 125 Å². The van der Waals surface area contributed by atoms with Gasteiger partial charge in [0, 0.05) is 13.0 Å². The molecule has 1 unspecified atom stereocenters. The second kappa shape index (κ2) is 5.96. The largest absolute Gasteiger partial charge is 0.465 e. The third kappa shape index (κ3) is 2.79. The van der Waals surface area contributed by atoms with Crippen molar-refractivity contribution >= 4 is 46.1 Å². The van der Waals surface area contributed by atoms with Crippen molar-refractivity contribution in [1.82, 2.24) is 0 Å². The fraction of sp³-hybridized carbons (Fsp3) is 0.385. The Balaban J connectivity index is 2.36. The SMILES string of the molecule is COC(=O)c1cccc(N2CC(CS)CC2=O)c1Br. The standard InChI is InChI=1S/C13H14BrNO3S/c1-18-13(17)9-3-2-4-10(12(9)14)15-6-8(7-19)5-11(15)16/h2-4,8,19H,5-7H2,1H3. The zero-order chi connectivity index (χ0) is 14.0. The minimum absolute atomic E-state index is 0.0572. The van der Waals surface area contributed by atoms with Gasteiger partial charge in [-0.25, -0.2) is 4.79 Å². The Bertz CT molecular complexity index is 521. The normalized spacial score (nSPS) is 18.8. The van der Waals surface area contributed by atoms with Gasteiger partial charge in [0.15, 0.2) is 0 Å². The van der Waals surface area contributed by atoms with Crippen molar-refractivity contribution < 1.29 is 14.3 Å². The van der Waals surface area contributed by atoms with E-state index in [-0.39, 0.29) is 11.8 Å². The number of ether oxygens (including phenoxy) is 1. The van der Waals surface area contributed by atoms with Crippen LogP contribution in [-0.2, 0) is 9.53 Å². The highest BCUT2D eigenvalue weighted by molar-refractivity contribution is 9.10. The number of halogens is 1. The Kier molecular flexibility index (Phi) is 4.52. The van der Waals surface area contributed by atoms with Crippen molar-refractivity contribution in [1.29, 1.82) is 0 Å². The van der Waals surface area contributed by atoms with E-state index in [2.05, 4.69) is 28.6 Å². The number of anilines is 1. The first-order valence-corrected chi connectivity index (χ1v) is 7.29. The van der Waals surface area contributed by atoms with Crippen molar-refractivity contribution in [3.8, 4) is 0 Å². The minimum atomic E-state index is -0.425. The second-order valence-corrected chi connectivity index (χ2v) is 5.55. The summed E-state index contributed by atoms with van der Waals surface area (Å²) < 4.78 is 5.31. The molecule has 0 aromatic heterocycles. The monoisotopic (exact) mass is 343 g/mol. The second-order valence-electron chi connectivity index (χ2n) is 4.39. The molecule has 0 N–H and O–H groups in total. The lowest BCUT2D eigenvalue weighted by Crippen LogP contribution is -2.25. The molecule has 1 amide bonds. The summed E-state index contributed by atoms with van der Waals surface area (Å²) in [6.07, 6.45) is 0.498. The number of nitrogens with zero attached hydrogens (tertiary/aromatic N) is 1. The van der Waals surface area contributed by atoms with Gasteiger partial charge in [-0.2, -0.15) is 12.6 Å². The molecule has 2 rings (SSSR count). The zero-order valence-electron chi connectivity index (χ0n) is 10.4. The topological polar surface area (TPSA) is 46.6 Å². The number of hydrogen-bond acceptors (Lipinski definition) is 4. The van der Waals surface area contributed by atoms with Crippen molar-refractivity contribution in [2.24, 2.45) is 5.92 Å². The summed E-state index contributed by atoms with van der Waals surface area (Å²) in [5, 5.41) is 0. The van der Waals surface area contributed by atoms with Crippen LogP contribution in [0, 0.1) is 5.92 Å². The third-order valence-corrected chi connectivity index (χ3v) is 4.49. The predicted octanol–water partition coefficient (Wildman–Crippen LogP) is 2.52. The van der Waals surface area contributed by atoms with E-state index in [1.165, 1.54) is 7.11 Å². The van der Waals surface area contributed by atoms with Crippen LogP contribution in [0.5, 0.6) is 0 Å². The molecule has 1 saturated heterocycles. The quantitative estimate of drug-likeness (QED) is 0.677. The summed E-state index contributed by atoms with van der Waals surface area (Å²) in [4.78, 5) is 25.3. The first-order chi connectivity index (χ1) is 9.08. The first kappa shape index (κ1) is 14.4. The van der Waals surface area contributed by atoms with Crippen molar-refractivity contribution in [2.45, 2.75) is 6.42 Å². The summed E-state index contributed by atoms with van der Waals surface area (Å²) in [7, 11) is 1.33. The number of carbonyl (C=O) groups excluding carboxylic acids is 2. The maximum atomic E-state index is 12.0. The number of benzene rings is 1. The molecule has 0 spiro atoms. The lowest BCUT2D eigenvalue weighted by molar-refractivity contribution is -0.117. The molecule has 1 aliphatic rings. The smallest absolute Gasteiger partial charge is 0.339 e. The number of carbonyl (C=O) groups is 2. The number of amides is 1. The molecule has 0 saturated carbocycles. The number of methoxy groups -OCH3 is 1. The summed E-state index contributed by atoms with van der Waals surface area (Å²) in [6.45, 7) is 0.631. The van der Waals surface area contributed by atoms with Crippen LogP contribution in [0.1, 0.15) is 16.8 Å². The van der Waals surface area contributed by atoms with Gasteiger partial charge in [-0.1, -0.05) is 6.07 Å². The molecular weight excluding hydrogens is 330 g/mol. The van der Waals surface area contributed by atoms with Crippen molar-refractivity contribution in [3.63, 3.8) is 0 Å². The van der Waals surface area contributed by atoms with Crippen molar-refractivity contribution in [2.75, 3.05) is 24.3 Å². The molecule has 19 heavy (non-hydrogen) atoms. The van der Waals surface area contributed by atoms with Gasteiger partial charge in [0.05, 0.1) is 22.8 Å². The Morgan fingerprint density at radius 1 is 1.58 bits per heavy atom. The lowest BCUT2D eigenvalue weighted by atomic mass is 10.1. The molecule has 0 aliphatic carbocycles. The maximum absolute atomic E-state index is 12.0. The summed E-state index contributed by atoms with van der Waals surface area (Å²) in [5.41, 5.74) is 1.12. The van der Waals surface area contributed by atoms with Gasteiger partial charge in [-0.05, 0) is 39.7 Å². The van der Waals surface area contributed by atoms with Gasteiger partial charge in [-0.15, -0.1) is 0 Å². The van der Waals surface area contributed by atoms with Crippen LogP contribution in [0.2, 0.25) is 0 Å². The molecule has 0 bridgehead atoms. The van der Waals surface area contributed by atoms with Gasteiger partial charge in [0.1, 0.15) is 0 Å². The highest BCUT2D eigenvalue weighted by Gasteiger charge is 2.31. The van der Waals surface area contributed by atoms with E-state index < -0.39 is 5.97 Å². The Morgan fingerprint density at radius 3 is 2.89 bits per heavy atom. The number of esters is 1. The number of rotatable bonds is 3. The molecule has 1 heterocycles. The van der Waals surface area contributed by atoms with Gasteiger partial charge in [-0.3, -0.25) is 4.79 Å². The van der Waals surface area contributed by atoms with Gasteiger partial charge in [0.25, 0.3) is 0 Å². The molecular formula is C13H14BrNO3S. The number of hydrogen-bond donors (Lipinski definition) is 1. The number of thiol groups is 1. The van der Waals surface area contributed by atoms with Crippen molar-refractivity contribution in [3.05, 3.63) is 28.2 Å². The molecule has 6 heteroatoms. The van der Waals surface area contributed by atoms with Crippen LogP contribution < -0.4 is 4.90 Å². The average Bonchev–Trinajstić information content (AvgIpc) is 2.79. The third-order valence-electron chi connectivity index (χ3n) is 3.14. The van der Waals surface area contributed by atoms with E-state index in [1.54, 1.807) is 17.0 Å². The van der Waals surface area contributed by atoms with Gasteiger partial charge < -0.3 is 9.64 Å². The van der Waals surface area contributed by atoms with Crippen LogP contribution in [-0.4, -0.2) is 31.3 Å². The van der Waals surface area contributed by atoms with E-state index in [9.17, 15) is 9.59 Å². The summed E-state index contributed by atoms with van der Waals surface area (Å²) >= 11 is 7.63. The van der Waals surface area contributed by atoms with Crippen LogP contribution in [0.15, 0.2) is 22.7 Å². The van der Waals surface area contributed by atoms with E-state index in [4.69, 9.17) is 4.74 Å². The molecule has 1 fully saturated rings. The molecule has 4 nitrogen and oxygen atoms in total. The van der Waals surface area contributed by atoms with Crippen LogP contribution in [0.3, 0.4) is 0 Å². The predicted molar refractivity (Wildman–Crippen MR) is 79.8 cm³/mol. The van der Waals surface area contributed by atoms with Gasteiger partial charge in [0.2, 0.25) is 5.91 Å². The minimum Gasteiger partial charge on any atom is -0.465 e. The van der Waals surface area contributed by atoms with E-state index in [1.807, 2.05) is 6.07 Å². The molecule has 0 radical (unpaired) electrons. The molecule has 1 aromatic carbocycles. The average molecular weight is 344 g/mol. The highest BCUT2D eigenvalue weighted by atomic mass is 79.9. The van der Waals surface area contributed by atoms with Crippen LogP contribution in [0.25, 0.3) is 0 Å². The van der Waals surface area contributed by atoms with Gasteiger partial charge >= 0.3 is 5.97 Å². The van der Waals surface area contributed by atoms with E-state index >= 15 is 0 Å². The molecule has 1 aliphatic heterocycles. The first-order valence-electron chi connectivity index (χ1n) is 5.86.